The van der Waals surface area contributed by atoms with Gasteiger partial charge in [-0.3, -0.25) is 4.98 Å². The van der Waals surface area contributed by atoms with Gasteiger partial charge in [-0.05, 0) is 36.0 Å². The maximum absolute atomic E-state index is 4.70. The van der Waals surface area contributed by atoms with Crippen LogP contribution in [0.25, 0.3) is 22.6 Å². The summed E-state index contributed by atoms with van der Waals surface area (Å²) in [4.78, 5) is 13.4. The Morgan fingerprint density at radius 1 is 1.14 bits per heavy atom. The molecule has 0 aliphatic heterocycles. The molecule has 3 heterocycles. The second-order valence-electron chi connectivity index (χ2n) is 4.78. The molecule has 0 fully saturated rings. The fourth-order valence-electron chi connectivity index (χ4n) is 2.18. The van der Waals surface area contributed by atoms with E-state index in [1.165, 1.54) is 0 Å². The number of hydrogen-bond acceptors (Lipinski definition) is 5. The Morgan fingerprint density at radius 3 is 2.86 bits per heavy atom. The molecule has 0 saturated heterocycles. The van der Waals surface area contributed by atoms with Gasteiger partial charge in [0.1, 0.15) is 17.5 Å². The van der Waals surface area contributed by atoms with E-state index in [4.69, 9.17) is 4.98 Å². The number of aromatic nitrogens is 6. The van der Waals surface area contributed by atoms with E-state index >= 15 is 0 Å². The first-order valence-electron chi connectivity index (χ1n) is 6.73. The molecule has 108 valence electrons. The predicted molar refractivity (Wildman–Crippen MR) is 84.5 cm³/mol. The summed E-state index contributed by atoms with van der Waals surface area (Å²) in [7, 11) is 1.92. The van der Waals surface area contributed by atoms with Crippen molar-refractivity contribution in [1.82, 2.24) is 29.7 Å². The lowest BCUT2D eigenvalue weighted by molar-refractivity contribution is 0.789. The zero-order valence-electron chi connectivity index (χ0n) is 11.8. The van der Waals surface area contributed by atoms with Crippen molar-refractivity contribution in [2.45, 2.75) is 10.1 Å². The monoisotopic (exact) mass is 308 g/mol. The van der Waals surface area contributed by atoms with Crippen molar-refractivity contribution in [3.8, 4) is 11.5 Å². The van der Waals surface area contributed by atoms with Crippen molar-refractivity contribution >= 4 is 22.8 Å². The Morgan fingerprint density at radius 2 is 2.09 bits per heavy atom. The molecule has 0 atom stereocenters. The van der Waals surface area contributed by atoms with Gasteiger partial charge in [0.15, 0.2) is 11.0 Å². The Kier molecular flexibility index (Phi) is 3.12. The van der Waals surface area contributed by atoms with Crippen LogP contribution < -0.4 is 0 Å². The number of benzene rings is 1. The molecule has 0 radical (unpaired) electrons. The van der Waals surface area contributed by atoms with Gasteiger partial charge in [-0.2, -0.15) is 0 Å². The fourth-order valence-corrected chi connectivity index (χ4v) is 3.05. The number of hydrogen-bond donors (Lipinski definition) is 1. The van der Waals surface area contributed by atoms with Gasteiger partial charge in [-0.15, -0.1) is 10.2 Å². The highest BCUT2D eigenvalue weighted by molar-refractivity contribution is 7.99. The number of nitrogens with zero attached hydrogens (tertiary/aromatic N) is 5. The number of pyridine rings is 1. The van der Waals surface area contributed by atoms with Crippen molar-refractivity contribution in [3.05, 3.63) is 48.9 Å². The first-order valence-corrected chi connectivity index (χ1v) is 7.55. The third-order valence-corrected chi connectivity index (χ3v) is 4.36. The molecule has 1 aromatic carbocycles. The molecular weight excluding hydrogens is 296 g/mol. The van der Waals surface area contributed by atoms with E-state index in [9.17, 15) is 0 Å². The second kappa shape index (κ2) is 5.27. The highest BCUT2D eigenvalue weighted by Crippen LogP contribution is 2.32. The highest BCUT2D eigenvalue weighted by atomic mass is 32.2. The maximum atomic E-state index is 4.70. The van der Waals surface area contributed by atoms with Crippen molar-refractivity contribution in [2.75, 3.05) is 0 Å². The first kappa shape index (κ1) is 13.0. The van der Waals surface area contributed by atoms with Crippen LogP contribution in [0.5, 0.6) is 0 Å². The minimum absolute atomic E-state index is 0.765. The Hall–Kier alpha value is -2.67. The zero-order valence-corrected chi connectivity index (χ0v) is 12.6. The summed E-state index contributed by atoms with van der Waals surface area (Å²) in [6.45, 7) is 0. The number of H-pyrrole nitrogens is 1. The molecule has 0 unspecified atom stereocenters. The van der Waals surface area contributed by atoms with E-state index in [2.05, 4.69) is 20.2 Å². The summed E-state index contributed by atoms with van der Waals surface area (Å²) in [5, 5.41) is 8.84. The maximum Gasteiger partial charge on any atom is 0.195 e. The van der Waals surface area contributed by atoms with E-state index < -0.39 is 0 Å². The summed E-state index contributed by atoms with van der Waals surface area (Å²) in [5.74, 6) is 0.765. The van der Waals surface area contributed by atoms with E-state index in [-0.39, 0.29) is 0 Å². The molecule has 4 rings (SSSR count). The van der Waals surface area contributed by atoms with Crippen LogP contribution in [0.2, 0.25) is 0 Å². The van der Waals surface area contributed by atoms with Gasteiger partial charge in [0.25, 0.3) is 0 Å². The average molecular weight is 308 g/mol. The summed E-state index contributed by atoms with van der Waals surface area (Å²) in [5.41, 5.74) is 2.72. The van der Waals surface area contributed by atoms with E-state index in [1.807, 2.05) is 48.0 Å². The van der Waals surface area contributed by atoms with Gasteiger partial charge in [0.05, 0.1) is 5.52 Å². The van der Waals surface area contributed by atoms with Gasteiger partial charge < -0.3 is 9.55 Å². The van der Waals surface area contributed by atoms with Crippen LogP contribution in [0.1, 0.15) is 0 Å². The van der Waals surface area contributed by atoms with Crippen molar-refractivity contribution in [3.63, 3.8) is 0 Å². The lowest BCUT2D eigenvalue weighted by Gasteiger charge is -2.00. The largest absolute Gasteiger partial charge is 0.337 e. The standard InChI is InChI=1S/C15H12N6S/c1-21-9-17-20-15(21)22-12-7-4-6-10-13(12)19-14(18-10)11-5-2-3-8-16-11/h2-9H,1H3,(H,18,19). The normalized spacial score (nSPS) is 11.1. The lowest BCUT2D eigenvalue weighted by Crippen LogP contribution is -1.88. The minimum Gasteiger partial charge on any atom is -0.337 e. The van der Waals surface area contributed by atoms with E-state index in [0.717, 1.165) is 32.6 Å². The molecule has 0 spiro atoms. The quantitative estimate of drug-likeness (QED) is 0.630. The molecule has 0 saturated carbocycles. The molecule has 0 bridgehead atoms. The summed E-state index contributed by atoms with van der Waals surface area (Å²) >= 11 is 1.55. The number of fused-ring (bicyclic) bond motifs is 1. The van der Waals surface area contributed by atoms with Gasteiger partial charge in [-0.25, -0.2) is 4.98 Å². The third kappa shape index (κ3) is 2.25. The number of nitrogens with one attached hydrogen (secondary N) is 1. The van der Waals surface area contributed by atoms with Gasteiger partial charge in [0, 0.05) is 18.1 Å². The van der Waals surface area contributed by atoms with Crippen LogP contribution in [0.15, 0.2) is 59.0 Å². The molecule has 22 heavy (non-hydrogen) atoms. The van der Waals surface area contributed by atoms with E-state index in [1.54, 1.807) is 24.3 Å². The number of aromatic amines is 1. The number of rotatable bonds is 3. The SMILES string of the molecule is Cn1cnnc1Sc1cccc2[nH]c(-c3ccccn3)nc12. The molecule has 4 aromatic rings. The summed E-state index contributed by atoms with van der Waals surface area (Å²) in [6.07, 6.45) is 3.45. The van der Waals surface area contributed by atoms with Crippen LogP contribution in [0, 0.1) is 0 Å². The van der Waals surface area contributed by atoms with Crippen LogP contribution >= 0.6 is 11.8 Å². The Labute approximate surface area is 130 Å². The van der Waals surface area contributed by atoms with Gasteiger partial charge >= 0.3 is 0 Å². The molecule has 0 amide bonds. The number of aryl methyl sites for hydroxylation is 1. The molecule has 3 aromatic heterocycles. The molecule has 7 heteroatoms. The average Bonchev–Trinajstić information content (AvgIpc) is 3.16. The Bertz CT molecular complexity index is 928. The van der Waals surface area contributed by atoms with Crippen LogP contribution in [0.3, 0.4) is 0 Å². The second-order valence-corrected chi connectivity index (χ2v) is 5.79. The van der Waals surface area contributed by atoms with Gasteiger partial charge in [-0.1, -0.05) is 12.1 Å². The smallest absolute Gasteiger partial charge is 0.195 e. The fraction of sp³-hybridized carbons (Fsp3) is 0.0667. The topological polar surface area (TPSA) is 72.3 Å². The lowest BCUT2D eigenvalue weighted by atomic mass is 10.3. The molecule has 1 N–H and O–H groups in total. The molecule has 6 nitrogen and oxygen atoms in total. The van der Waals surface area contributed by atoms with Crippen molar-refractivity contribution in [2.24, 2.45) is 7.05 Å². The van der Waals surface area contributed by atoms with Crippen LogP contribution in [-0.4, -0.2) is 29.7 Å². The van der Waals surface area contributed by atoms with Crippen molar-refractivity contribution in [1.29, 1.82) is 0 Å². The summed E-state index contributed by atoms with van der Waals surface area (Å²) < 4.78 is 1.88. The first-order chi connectivity index (χ1) is 10.8. The Balaban J connectivity index is 1.80. The van der Waals surface area contributed by atoms with Crippen LogP contribution in [0.4, 0.5) is 0 Å². The van der Waals surface area contributed by atoms with E-state index in [0.29, 0.717) is 0 Å². The van der Waals surface area contributed by atoms with Crippen LogP contribution in [-0.2, 0) is 7.05 Å². The molecular formula is C15H12N6S. The van der Waals surface area contributed by atoms with Gasteiger partial charge in [0.2, 0.25) is 0 Å². The molecule has 0 aliphatic rings. The molecule has 0 aliphatic carbocycles. The third-order valence-electron chi connectivity index (χ3n) is 3.25. The predicted octanol–water partition coefficient (Wildman–Crippen LogP) is 2.90. The van der Waals surface area contributed by atoms with Crippen molar-refractivity contribution < 1.29 is 0 Å². The highest BCUT2D eigenvalue weighted by Gasteiger charge is 2.12. The summed E-state index contributed by atoms with van der Waals surface area (Å²) in [6, 6.07) is 11.8. The zero-order chi connectivity index (χ0) is 14.9. The minimum atomic E-state index is 0.765. The number of para-hydroxylation sites is 1. The number of imidazole rings is 1.